The van der Waals surface area contributed by atoms with E-state index >= 15 is 0 Å². The maximum absolute atomic E-state index is 10.5. The third-order valence-corrected chi connectivity index (χ3v) is 1.38. The fraction of sp³-hybridized carbons (Fsp3) is 0. The van der Waals surface area contributed by atoms with Gasteiger partial charge in [-0.25, -0.2) is 0 Å². The van der Waals surface area contributed by atoms with Crippen molar-refractivity contribution in [2.24, 2.45) is 0 Å². The highest BCUT2D eigenvalue weighted by molar-refractivity contribution is 9.10. The van der Waals surface area contributed by atoms with Crippen molar-refractivity contribution in [1.29, 1.82) is 0 Å². The first kappa shape index (κ1) is 6.28. The van der Waals surface area contributed by atoms with Gasteiger partial charge >= 0.3 is 4.60 Å². The summed E-state index contributed by atoms with van der Waals surface area (Å²) in [5, 5.41) is 20.9. The van der Waals surface area contributed by atoms with Crippen LogP contribution in [0.5, 0.6) is 0 Å². The van der Waals surface area contributed by atoms with Crippen LogP contribution in [0.25, 0.3) is 0 Å². The van der Waals surface area contributed by atoms with Crippen molar-refractivity contribution in [3.63, 3.8) is 0 Å². The molecule has 0 radical (unpaired) electrons. The largest absolute Gasteiger partial charge is 0.561 e. The molecule has 4 nitrogen and oxygen atoms in total. The molecule has 0 amide bonds. The van der Waals surface area contributed by atoms with E-state index in [2.05, 4.69) is 15.9 Å². The van der Waals surface area contributed by atoms with E-state index in [4.69, 9.17) is 0 Å². The molecule has 1 aromatic rings. The van der Waals surface area contributed by atoms with Crippen LogP contribution in [0.3, 0.4) is 0 Å². The SMILES string of the molecule is [O-][n+]1cccc(Br)[n+]1[O-]. The Hall–Kier alpha value is -0.840. The van der Waals surface area contributed by atoms with E-state index in [1.807, 2.05) is 0 Å². The lowest BCUT2D eigenvalue weighted by atomic mass is 10.6. The molecule has 0 aliphatic rings. The van der Waals surface area contributed by atoms with Crippen molar-refractivity contribution in [3.8, 4) is 0 Å². The fourth-order valence-corrected chi connectivity index (χ4v) is 0.723. The molecule has 0 aromatic carbocycles. The normalized spacial score (nSPS) is 9.44. The molecule has 48 valence electrons. The van der Waals surface area contributed by atoms with Gasteiger partial charge in [-0.05, 0) is 0 Å². The lowest BCUT2D eigenvalue weighted by Gasteiger charge is -1.94. The number of hydrogen-bond acceptors (Lipinski definition) is 2. The van der Waals surface area contributed by atoms with Crippen molar-refractivity contribution in [1.82, 2.24) is 0 Å². The summed E-state index contributed by atoms with van der Waals surface area (Å²) < 4.78 is 0.208. The van der Waals surface area contributed by atoms with Crippen LogP contribution in [0, 0.1) is 10.4 Å². The second-order valence-electron chi connectivity index (χ2n) is 1.41. The minimum atomic E-state index is 0.185. The number of hydrogen-bond donors (Lipinski definition) is 0. The second kappa shape index (κ2) is 2.18. The monoisotopic (exact) mass is 190 g/mol. The number of aromatic nitrogens is 2. The molecule has 0 N–H and O–H groups in total. The average molecular weight is 191 g/mol. The molecule has 0 atom stereocenters. The van der Waals surface area contributed by atoms with Gasteiger partial charge in [0.05, 0.1) is 9.69 Å². The van der Waals surface area contributed by atoms with E-state index in [9.17, 15) is 10.4 Å². The summed E-state index contributed by atoms with van der Waals surface area (Å²) in [5.74, 6) is 0. The Kier molecular flexibility index (Phi) is 1.52. The van der Waals surface area contributed by atoms with Crippen LogP contribution in [0.1, 0.15) is 0 Å². The smallest absolute Gasteiger partial charge is 0.329 e. The van der Waals surface area contributed by atoms with Gasteiger partial charge < -0.3 is 10.4 Å². The second-order valence-corrected chi connectivity index (χ2v) is 2.22. The van der Waals surface area contributed by atoms with Crippen molar-refractivity contribution in [3.05, 3.63) is 33.3 Å². The molecule has 1 aromatic heterocycles. The molecule has 0 saturated carbocycles. The van der Waals surface area contributed by atoms with Crippen molar-refractivity contribution < 1.29 is 9.69 Å². The predicted molar refractivity (Wildman–Crippen MR) is 32.1 cm³/mol. The molecule has 0 bridgehead atoms. The molecule has 0 aliphatic carbocycles. The van der Waals surface area contributed by atoms with Crippen molar-refractivity contribution in [2.45, 2.75) is 0 Å². The van der Waals surface area contributed by atoms with Crippen LogP contribution in [-0.2, 0) is 0 Å². The van der Waals surface area contributed by atoms with Crippen LogP contribution in [0.15, 0.2) is 22.9 Å². The van der Waals surface area contributed by atoms with Gasteiger partial charge in [0.1, 0.15) is 0 Å². The molecule has 1 heterocycles. The summed E-state index contributed by atoms with van der Waals surface area (Å²) in [4.78, 5) is 0.379. The Balaban J connectivity index is 3.25. The molecule has 0 saturated heterocycles. The van der Waals surface area contributed by atoms with E-state index in [0.717, 1.165) is 6.20 Å². The first-order valence-corrected chi connectivity index (χ1v) is 2.98. The highest BCUT2D eigenvalue weighted by atomic mass is 79.9. The highest BCUT2D eigenvalue weighted by Crippen LogP contribution is 1.96. The zero-order valence-electron chi connectivity index (χ0n) is 4.32. The Morgan fingerprint density at radius 3 is 2.56 bits per heavy atom. The first-order valence-electron chi connectivity index (χ1n) is 2.19. The van der Waals surface area contributed by atoms with Gasteiger partial charge in [0, 0.05) is 28.1 Å². The molecule has 0 fully saturated rings. The van der Waals surface area contributed by atoms with E-state index in [0.29, 0.717) is 0 Å². The van der Waals surface area contributed by atoms with Gasteiger partial charge in [-0.1, -0.05) is 0 Å². The van der Waals surface area contributed by atoms with Crippen LogP contribution in [-0.4, -0.2) is 0 Å². The quantitative estimate of drug-likeness (QED) is 0.418. The Labute approximate surface area is 59.6 Å². The molecule has 0 unspecified atom stereocenters. The van der Waals surface area contributed by atoms with Crippen LogP contribution >= 0.6 is 15.9 Å². The maximum Gasteiger partial charge on any atom is 0.329 e. The third kappa shape index (κ3) is 1.10. The van der Waals surface area contributed by atoms with E-state index in [-0.39, 0.29) is 14.3 Å². The summed E-state index contributed by atoms with van der Waals surface area (Å²) in [7, 11) is 0. The van der Waals surface area contributed by atoms with Gasteiger partial charge in [0.2, 0.25) is 0 Å². The van der Waals surface area contributed by atoms with Crippen molar-refractivity contribution >= 4 is 15.9 Å². The number of nitrogens with zero attached hydrogens (tertiary/aromatic N) is 2. The minimum Gasteiger partial charge on any atom is -0.561 e. The first-order chi connectivity index (χ1) is 4.22. The number of halogens is 1. The topological polar surface area (TPSA) is 53.9 Å². The maximum atomic E-state index is 10.5. The zero-order chi connectivity index (χ0) is 6.85. The number of rotatable bonds is 0. The van der Waals surface area contributed by atoms with E-state index in [1.54, 1.807) is 0 Å². The molecular weight excluding hydrogens is 188 g/mol. The molecule has 1 rings (SSSR count). The van der Waals surface area contributed by atoms with Gasteiger partial charge in [-0.15, -0.1) is 0 Å². The third-order valence-electron chi connectivity index (χ3n) is 0.809. The summed E-state index contributed by atoms with van der Waals surface area (Å²) in [6.07, 6.45) is 1.12. The average Bonchev–Trinajstić information content (AvgIpc) is 1.83. The molecular formula is C4H3BrN2O2. The lowest BCUT2D eigenvalue weighted by Crippen LogP contribution is -2.60. The van der Waals surface area contributed by atoms with Gasteiger partial charge in [-0.2, -0.15) is 0 Å². The van der Waals surface area contributed by atoms with Gasteiger partial charge in [-0.3, -0.25) is 0 Å². The minimum absolute atomic E-state index is 0.185. The zero-order valence-corrected chi connectivity index (χ0v) is 5.91. The fourth-order valence-electron chi connectivity index (χ4n) is 0.415. The summed E-state index contributed by atoms with van der Waals surface area (Å²) in [5.41, 5.74) is 0. The molecule has 9 heavy (non-hydrogen) atoms. The summed E-state index contributed by atoms with van der Waals surface area (Å²) in [6.45, 7) is 0. The highest BCUT2D eigenvalue weighted by Gasteiger charge is 2.05. The lowest BCUT2D eigenvalue weighted by molar-refractivity contribution is -1.19. The summed E-state index contributed by atoms with van der Waals surface area (Å²) >= 11 is 2.88. The standard InChI is InChI=1S/C4H3BrN2O2/c5-4-2-1-3-6(8)7(4)9/h1-3H. The predicted octanol–water partition coefficient (Wildman–Crippen LogP) is -0.284. The van der Waals surface area contributed by atoms with Gasteiger partial charge in [0.15, 0.2) is 0 Å². The molecule has 0 aliphatic heterocycles. The molecule has 5 heteroatoms. The van der Waals surface area contributed by atoms with E-state index < -0.39 is 0 Å². The van der Waals surface area contributed by atoms with Crippen LogP contribution in [0.4, 0.5) is 0 Å². The Morgan fingerprint density at radius 1 is 1.44 bits per heavy atom. The van der Waals surface area contributed by atoms with Crippen molar-refractivity contribution in [2.75, 3.05) is 0 Å². The Bertz CT molecular complexity index is 208. The van der Waals surface area contributed by atoms with E-state index in [1.165, 1.54) is 12.1 Å². The molecule has 0 spiro atoms. The Morgan fingerprint density at radius 2 is 2.11 bits per heavy atom. The summed E-state index contributed by atoms with van der Waals surface area (Å²) in [6, 6.07) is 2.97. The van der Waals surface area contributed by atoms with Crippen LogP contribution < -0.4 is 9.69 Å². The van der Waals surface area contributed by atoms with Gasteiger partial charge in [0.25, 0.3) is 6.20 Å². The van der Waals surface area contributed by atoms with Crippen LogP contribution in [0.2, 0.25) is 0 Å².